The lowest BCUT2D eigenvalue weighted by molar-refractivity contribution is -0.131. The molecule has 0 fully saturated rings. The highest BCUT2D eigenvalue weighted by Gasteiger charge is 2.31. The number of amides is 4. The van der Waals surface area contributed by atoms with E-state index in [9.17, 15) is 29.5 Å². The zero-order valence-corrected chi connectivity index (χ0v) is 25.9. The second-order valence-corrected chi connectivity index (χ2v) is 11.1. The Morgan fingerprint density at radius 2 is 1.69 bits per heavy atom. The quantitative estimate of drug-likeness (QED) is 0.144. The zero-order valence-electron chi connectivity index (χ0n) is 25.9. The van der Waals surface area contributed by atoms with E-state index in [2.05, 4.69) is 26.4 Å². The van der Waals surface area contributed by atoms with E-state index in [1.807, 2.05) is 51.1 Å². The molecule has 0 aliphatic heterocycles. The summed E-state index contributed by atoms with van der Waals surface area (Å²) in [6.07, 6.45) is 0.250. The van der Waals surface area contributed by atoms with Crippen LogP contribution in [0.5, 0.6) is 0 Å². The number of hydrogen-bond donors (Lipinski definition) is 5. The highest BCUT2D eigenvalue weighted by atomic mass is 16.5. The van der Waals surface area contributed by atoms with Crippen molar-refractivity contribution in [3.05, 3.63) is 94.4 Å². The molecule has 0 radical (unpaired) electrons. The molecule has 0 aliphatic carbocycles. The average molecular weight is 615 g/mol. The molecule has 236 valence electrons. The van der Waals surface area contributed by atoms with Crippen molar-refractivity contribution in [3.8, 4) is 6.07 Å². The van der Waals surface area contributed by atoms with Gasteiger partial charge in [0.2, 0.25) is 11.8 Å². The van der Waals surface area contributed by atoms with Crippen LogP contribution in [0.2, 0.25) is 0 Å². The smallest absolute Gasteiger partial charge is 0.274 e. The second-order valence-electron chi connectivity index (χ2n) is 11.1. The number of aromatic nitrogens is 1. The van der Waals surface area contributed by atoms with E-state index in [0.29, 0.717) is 17.0 Å². The fraction of sp³-hybridized carbons (Fsp3) is 0.333. The molecule has 3 aromatic rings. The van der Waals surface area contributed by atoms with Crippen molar-refractivity contribution in [2.75, 3.05) is 5.32 Å². The molecule has 2 aromatic carbocycles. The first kappa shape index (κ1) is 34.2. The number of nitriles is 1. The van der Waals surface area contributed by atoms with E-state index in [1.54, 1.807) is 37.3 Å². The van der Waals surface area contributed by atoms with Gasteiger partial charge in [0.15, 0.2) is 5.69 Å². The van der Waals surface area contributed by atoms with Gasteiger partial charge in [0.05, 0.1) is 6.10 Å². The van der Waals surface area contributed by atoms with Gasteiger partial charge in [-0.3, -0.25) is 19.2 Å². The summed E-state index contributed by atoms with van der Waals surface area (Å²) in [5.41, 5.74) is 2.80. The summed E-state index contributed by atoms with van der Waals surface area (Å²) in [6, 6.07) is 15.0. The molecule has 0 bridgehead atoms. The minimum absolute atomic E-state index is 0.00478. The Morgan fingerprint density at radius 3 is 2.29 bits per heavy atom. The monoisotopic (exact) mass is 614 g/mol. The minimum Gasteiger partial charge on any atom is -0.391 e. The summed E-state index contributed by atoms with van der Waals surface area (Å²) in [6.45, 7) is 8.79. The van der Waals surface area contributed by atoms with Crippen LogP contribution in [0.4, 0.5) is 5.69 Å². The Balaban J connectivity index is 1.82. The number of aryl methyl sites for hydroxylation is 2. The average Bonchev–Trinajstić information content (AvgIpc) is 3.43. The minimum atomic E-state index is -1.41. The van der Waals surface area contributed by atoms with E-state index >= 15 is 0 Å². The van der Waals surface area contributed by atoms with E-state index < -0.39 is 41.8 Å². The zero-order chi connectivity index (χ0) is 33.1. The molecule has 0 saturated carbocycles. The van der Waals surface area contributed by atoms with Gasteiger partial charge in [-0.25, -0.2) is 0 Å². The molecule has 1 heterocycles. The van der Waals surface area contributed by atoms with Gasteiger partial charge in [-0.2, -0.15) is 5.26 Å². The van der Waals surface area contributed by atoms with Gasteiger partial charge < -0.3 is 30.9 Å². The van der Waals surface area contributed by atoms with Gasteiger partial charge in [0.1, 0.15) is 29.5 Å². The van der Waals surface area contributed by atoms with Crippen molar-refractivity contribution in [3.63, 3.8) is 0 Å². The van der Waals surface area contributed by atoms with E-state index in [4.69, 9.17) is 4.52 Å². The third-order valence-corrected chi connectivity index (χ3v) is 6.62. The molecule has 0 aliphatic rings. The Bertz CT molecular complexity index is 1590. The maximum atomic E-state index is 13.4. The maximum Gasteiger partial charge on any atom is 0.274 e. The van der Waals surface area contributed by atoms with E-state index in [1.165, 1.54) is 13.0 Å². The van der Waals surface area contributed by atoms with Crippen molar-refractivity contribution in [2.45, 2.75) is 65.8 Å². The summed E-state index contributed by atoms with van der Waals surface area (Å²) in [7, 11) is 0. The molecule has 3 atom stereocenters. The first-order chi connectivity index (χ1) is 21.4. The summed E-state index contributed by atoms with van der Waals surface area (Å²) in [5.74, 6) is -2.22. The lowest BCUT2D eigenvalue weighted by Gasteiger charge is -2.24. The SMILES string of the molecule is Cc1ccc(CNC(=O)C(Cc2cccc(NC(=O)C(C#N)=CC(C)C)c2)NC(=O)C(NC(=O)c2cc(C)on2)C(C)O)cc1. The largest absolute Gasteiger partial charge is 0.391 e. The van der Waals surface area contributed by atoms with Crippen LogP contribution < -0.4 is 21.3 Å². The van der Waals surface area contributed by atoms with Crippen LogP contribution in [0.3, 0.4) is 0 Å². The third kappa shape index (κ3) is 10.4. The Morgan fingerprint density at radius 1 is 0.978 bits per heavy atom. The molecule has 0 spiro atoms. The lowest BCUT2D eigenvalue weighted by Crippen LogP contribution is -2.57. The number of nitrogens with zero attached hydrogens (tertiary/aromatic N) is 2. The molecule has 12 heteroatoms. The lowest BCUT2D eigenvalue weighted by atomic mass is 10.0. The first-order valence-corrected chi connectivity index (χ1v) is 14.4. The molecule has 4 amide bonds. The third-order valence-electron chi connectivity index (χ3n) is 6.62. The van der Waals surface area contributed by atoms with Gasteiger partial charge in [-0.1, -0.05) is 67.0 Å². The highest BCUT2D eigenvalue weighted by molar-refractivity contribution is 6.06. The van der Waals surface area contributed by atoms with Crippen LogP contribution in [0.25, 0.3) is 0 Å². The predicted octanol–water partition coefficient (Wildman–Crippen LogP) is 2.86. The number of carbonyl (C=O) groups excluding carboxylic acids is 4. The van der Waals surface area contributed by atoms with Crippen LogP contribution in [0.1, 0.15) is 53.7 Å². The van der Waals surface area contributed by atoms with Crippen LogP contribution >= 0.6 is 0 Å². The number of nitrogens with one attached hydrogen (secondary N) is 4. The summed E-state index contributed by atoms with van der Waals surface area (Å²) < 4.78 is 4.92. The molecule has 0 saturated heterocycles. The van der Waals surface area contributed by atoms with Crippen molar-refractivity contribution >= 4 is 29.3 Å². The van der Waals surface area contributed by atoms with Gasteiger partial charge in [-0.05, 0) is 49.9 Å². The number of benzene rings is 2. The number of aliphatic hydroxyl groups is 1. The van der Waals surface area contributed by atoms with Gasteiger partial charge in [0.25, 0.3) is 11.8 Å². The van der Waals surface area contributed by atoms with Crippen LogP contribution in [0, 0.1) is 31.1 Å². The number of hydrogen-bond acceptors (Lipinski definition) is 8. The molecule has 1 aromatic heterocycles. The molecule has 3 unspecified atom stereocenters. The van der Waals surface area contributed by atoms with Crippen LogP contribution in [-0.4, -0.2) is 52.1 Å². The summed E-state index contributed by atoms with van der Waals surface area (Å²) in [5, 5.41) is 34.0. The molecule has 12 nitrogen and oxygen atoms in total. The standard InChI is InChI=1S/C33H38N6O6/c1-19(2)13-25(17-34)30(41)36-26-8-6-7-24(15-26)16-27(31(42)35-18-23-11-9-20(3)10-12-23)37-33(44)29(22(5)40)38-32(43)28-14-21(4)45-39-28/h6-15,19,22,27,29,40H,16,18H2,1-5H3,(H,35,42)(H,36,41)(H,37,44)(H,38,43). The van der Waals surface area contributed by atoms with Crippen molar-refractivity contribution in [1.29, 1.82) is 5.26 Å². The van der Waals surface area contributed by atoms with Crippen LogP contribution in [-0.2, 0) is 27.3 Å². The number of carbonyl (C=O) groups is 4. The summed E-state index contributed by atoms with van der Waals surface area (Å²) in [4.78, 5) is 52.1. The Kier molecular flexibility index (Phi) is 12.1. The van der Waals surface area contributed by atoms with Gasteiger partial charge in [-0.15, -0.1) is 0 Å². The van der Waals surface area contributed by atoms with E-state index in [0.717, 1.165) is 11.1 Å². The second kappa shape index (κ2) is 16.0. The number of rotatable bonds is 13. The fourth-order valence-electron chi connectivity index (χ4n) is 4.29. The highest BCUT2D eigenvalue weighted by Crippen LogP contribution is 2.15. The Hall–Kier alpha value is -5.28. The van der Waals surface area contributed by atoms with Crippen molar-refractivity contribution in [2.24, 2.45) is 5.92 Å². The molecular formula is C33H38N6O6. The van der Waals surface area contributed by atoms with Crippen molar-refractivity contribution < 1.29 is 28.8 Å². The molecule has 5 N–H and O–H groups in total. The number of aliphatic hydroxyl groups excluding tert-OH is 1. The van der Waals surface area contributed by atoms with Crippen LogP contribution in [0.15, 0.2) is 70.8 Å². The topological polar surface area (TPSA) is 186 Å². The van der Waals surface area contributed by atoms with Gasteiger partial charge in [0, 0.05) is 24.7 Å². The number of allylic oxidation sites excluding steroid dienone is 1. The molecule has 45 heavy (non-hydrogen) atoms. The molecular weight excluding hydrogens is 576 g/mol. The van der Waals surface area contributed by atoms with Gasteiger partial charge >= 0.3 is 0 Å². The fourth-order valence-corrected chi connectivity index (χ4v) is 4.29. The maximum absolute atomic E-state index is 13.4. The normalized spacial score (nSPS) is 13.2. The van der Waals surface area contributed by atoms with Crippen molar-refractivity contribution in [1.82, 2.24) is 21.1 Å². The Labute approximate surface area is 261 Å². The number of anilines is 1. The summed E-state index contributed by atoms with van der Waals surface area (Å²) >= 11 is 0. The molecule has 3 rings (SSSR count). The first-order valence-electron chi connectivity index (χ1n) is 14.4. The predicted molar refractivity (Wildman–Crippen MR) is 166 cm³/mol. The van der Waals surface area contributed by atoms with E-state index in [-0.39, 0.29) is 30.2 Å².